The number of carbonyl (C=O) groups excluding carboxylic acids is 1. The maximum absolute atomic E-state index is 13.0. The van der Waals surface area contributed by atoms with Crippen molar-refractivity contribution in [3.8, 4) is 11.9 Å². The first-order chi connectivity index (χ1) is 11.8. The number of carbonyl (C=O) groups is 1. The number of thiophene rings is 1. The van der Waals surface area contributed by atoms with Gasteiger partial charge in [-0.05, 0) is 24.6 Å². The van der Waals surface area contributed by atoms with Crippen LogP contribution in [0.5, 0.6) is 5.88 Å². The molecule has 8 heteroatoms. The molecule has 0 fully saturated rings. The first-order valence-corrected chi connectivity index (χ1v) is 8.60. The van der Waals surface area contributed by atoms with Gasteiger partial charge in [0.15, 0.2) is 0 Å². The average Bonchev–Trinajstić information content (AvgIpc) is 2.89. The van der Waals surface area contributed by atoms with E-state index in [1.807, 2.05) is 0 Å². The molecule has 0 bridgehead atoms. The fourth-order valence-corrected chi connectivity index (χ4v) is 4.33. The van der Waals surface area contributed by atoms with Crippen molar-refractivity contribution >= 4 is 50.4 Å². The lowest BCUT2D eigenvalue weighted by molar-refractivity contribution is 0.103. The molecule has 0 saturated carbocycles. The van der Waals surface area contributed by atoms with Crippen LogP contribution < -0.4 is 5.56 Å². The quantitative estimate of drug-likeness (QED) is 0.667. The highest BCUT2D eigenvalue weighted by atomic mass is 35.5. The summed E-state index contributed by atoms with van der Waals surface area (Å²) in [5.41, 5.74) is -0.843. The largest absolute Gasteiger partial charge is 0.494 e. The molecule has 0 aliphatic heterocycles. The first kappa shape index (κ1) is 17.5. The van der Waals surface area contributed by atoms with Crippen LogP contribution in [0.25, 0.3) is 10.1 Å². The summed E-state index contributed by atoms with van der Waals surface area (Å²) in [4.78, 5) is 25.2. The molecule has 25 heavy (non-hydrogen) atoms. The van der Waals surface area contributed by atoms with Gasteiger partial charge in [-0.15, -0.1) is 11.3 Å². The lowest BCUT2D eigenvalue weighted by Crippen LogP contribution is -2.24. The molecule has 126 valence electrons. The highest BCUT2D eigenvalue weighted by Crippen LogP contribution is 2.39. The maximum Gasteiger partial charge on any atom is 0.271 e. The Kier molecular flexibility index (Phi) is 4.33. The molecule has 5 nitrogen and oxygen atoms in total. The highest BCUT2D eigenvalue weighted by molar-refractivity contribution is 7.21. The normalized spacial score (nSPS) is 10.8. The van der Waals surface area contributed by atoms with E-state index >= 15 is 0 Å². The summed E-state index contributed by atoms with van der Waals surface area (Å²) in [5, 5.41) is 20.9. The second-order valence-electron chi connectivity index (χ2n) is 5.39. The van der Waals surface area contributed by atoms with Gasteiger partial charge in [-0.25, -0.2) is 0 Å². The summed E-state index contributed by atoms with van der Waals surface area (Å²) in [5.74, 6) is -1.05. The molecule has 0 spiro atoms. The van der Waals surface area contributed by atoms with E-state index in [9.17, 15) is 20.0 Å². The van der Waals surface area contributed by atoms with Gasteiger partial charge < -0.3 is 5.11 Å². The number of hydrogen-bond donors (Lipinski definition) is 1. The van der Waals surface area contributed by atoms with Crippen LogP contribution in [-0.2, 0) is 7.05 Å². The number of fused-ring (bicyclic) bond motifs is 1. The van der Waals surface area contributed by atoms with E-state index < -0.39 is 17.2 Å². The Morgan fingerprint density at radius 3 is 2.68 bits per heavy atom. The molecular weight excluding hydrogens is 383 g/mol. The van der Waals surface area contributed by atoms with Crippen molar-refractivity contribution in [1.29, 1.82) is 5.26 Å². The minimum atomic E-state index is -0.664. The Hall–Kier alpha value is -2.33. The Morgan fingerprint density at radius 1 is 1.36 bits per heavy atom. The standard InChI is InChI=1S/C17H10Cl2N2O3S/c1-7-10(6-20)16(23)21(2)17(24)12(7)14(22)15-13(19)9-4-3-8(18)5-11(9)25-15/h3-5,24H,1-2H3. The summed E-state index contributed by atoms with van der Waals surface area (Å²) in [6, 6.07) is 6.85. The third kappa shape index (κ3) is 2.61. The molecule has 0 unspecified atom stereocenters. The molecule has 1 N–H and O–H groups in total. The molecule has 0 aliphatic rings. The third-order valence-electron chi connectivity index (χ3n) is 3.95. The lowest BCUT2D eigenvalue weighted by Gasteiger charge is -2.11. The van der Waals surface area contributed by atoms with Gasteiger partial charge in [0.05, 0.1) is 15.5 Å². The van der Waals surface area contributed by atoms with Crippen LogP contribution in [0, 0.1) is 18.3 Å². The van der Waals surface area contributed by atoms with Crippen LogP contribution in [-0.4, -0.2) is 15.5 Å². The predicted molar refractivity (Wildman–Crippen MR) is 98.1 cm³/mol. The number of rotatable bonds is 2. The van der Waals surface area contributed by atoms with Crippen LogP contribution in [0.2, 0.25) is 10.0 Å². The third-order valence-corrected chi connectivity index (χ3v) is 5.84. The zero-order valence-corrected chi connectivity index (χ0v) is 15.4. The number of aromatic hydroxyl groups is 1. The van der Waals surface area contributed by atoms with Crippen LogP contribution in [0.4, 0.5) is 0 Å². The maximum atomic E-state index is 13.0. The zero-order chi connectivity index (χ0) is 18.5. The summed E-state index contributed by atoms with van der Waals surface area (Å²) < 4.78 is 1.60. The van der Waals surface area contributed by atoms with Gasteiger partial charge in [0.1, 0.15) is 11.6 Å². The molecule has 0 aliphatic carbocycles. The highest BCUT2D eigenvalue weighted by Gasteiger charge is 2.27. The van der Waals surface area contributed by atoms with Crippen LogP contribution in [0.1, 0.15) is 26.4 Å². The number of benzene rings is 1. The number of nitrogens with zero attached hydrogens (tertiary/aromatic N) is 2. The van der Waals surface area contributed by atoms with Crippen LogP contribution in [0.15, 0.2) is 23.0 Å². The molecule has 0 atom stereocenters. The van der Waals surface area contributed by atoms with Gasteiger partial charge >= 0.3 is 0 Å². The summed E-state index contributed by atoms with van der Waals surface area (Å²) >= 11 is 13.4. The molecule has 0 saturated heterocycles. The van der Waals surface area contributed by atoms with Gasteiger partial charge in [-0.2, -0.15) is 5.26 Å². The van der Waals surface area contributed by atoms with Gasteiger partial charge in [0, 0.05) is 22.2 Å². The summed E-state index contributed by atoms with van der Waals surface area (Å²) in [7, 11) is 1.29. The minimum Gasteiger partial charge on any atom is -0.494 e. The second kappa shape index (κ2) is 6.19. The Balaban J connectivity index is 2.31. The van der Waals surface area contributed by atoms with E-state index in [0.29, 0.717) is 10.4 Å². The van der Waals surface area contributed by atoms with Gasteiger partial charge in [-0.1, -0.05) is 29.3 Å². The molecular formula is C17H10Cl2N2O3S. The van der Waals surface area contributed by atoms with E-state index in [2.05, 4.69) is 0 Å². The van der Waals surface area contributed by atoms with Gasteiger partial charge in [-0.3, -0.25) is 14.2 Å². The number of pyridine rings is 1. The number of aromatic nitrogens is 1. The minimum absolute atomic E-state index is 0.113. The fraction of sp³-hybridized carbons (Fsp3) is 0.118. The summed E-state index contributed by atoms with van der Waals surface area (Å²) in [6.45, 7) is 1.45. The van der Waals surface area contributed by atoms with E-state index in [-0.39, 0.29) is 26.6 Å². The summed E-state index contributed by atoms with van der Waals surface area (Å²) in [6.07, 6.45) is 0. The monoisotopic (exact) mass is 392 g/mol. The zero-order valence-electron chi connectivity index (χ0n) is 13.1. The van der Waals surface area contributed by atoms with Gasteiger partial charge in [0.2, 0.25) is 11.7 Å². The smallest absolute Gasteiger partial charge is 0.271 e. The van der Waals surface area contributed by atoms with Crippen molar-refractivity contribution in [2.24, 2.45) is 7.05 Å². The molecule has 0 amide bonds. The number of halogens is 2. The van der Waals surface area contributed by atoms with E-state index in [1.54, 1.807) is 24.3 Å². The van der Waals surface area contributed by atoms with Crippen molar-refractivity contribution in [1.82, 2.24) is 4.57 Å². The van der Waals surface area contributed by atoms with Crippen molar-refractivity contribution in [2.45, 2.75) is 6.92 Å². The van der Waals surface area contributed by atoms with E-state index in [1.165, 1.54) is 14.0 Å². The number of nitriles is 1. The van der Waals surface area contributed by atoms with E-state index in [0.717, 1.165) is 20.6 Å². The van der Waals surface area contributed by atoms with Crippen molar-refractivity contribution in [3.63, 3.8) is 0 Å². The Morgan fingerprint density at radius 2 is 2.04 bits per heavy atom. The Bertz CT molecular complexity index is 1160. The molecule has 3 rings (SSSR count). The lowest BCUT2D eigenvalue weighted by atomic mass is 10.0. The molecule has 1 aromatic carbocycles. The molecule has 0 radical (unpaired) electrons. The fourth-order valence-electron chi connectivity index (χ4n) is 2.59. The molecule has 3 aromatic rings. The van der Waals surface area contributed by atoms with Gasteiger partial charge in [0.25, 0.3) is 5.56 Å². The second-order valence-corrected chi connectivity index (χ2v) is 7.26. The average molecular weight is 393 g/mol. The SMILES string of the molecule is Cc1c(C(=O)c2sc3cc(Cl)ccc3c2Cl)c(O)n(C)c(=O)c1C#N. The van der Waals surface area contributed by atoms with E-state index in [4.69, 9.17) is 23.2 Å². The van der Waals surface area contributed by atoms with Crippen molar-refractivity contribution < 1.29 is 9.90 Å². The van der Waals surface area contributed by atoms with Crippen LogP contribution >= 0.6 is 34.5 Å². The van der Waals surface area contributed by atoms with Crippen molar-refractivity contribution in [2.75, 3.05) is 0 Å². The first-order valence-electron chi connectivity index (χ1n) is 7.02. The number of hydrogen-bond acceptors (Lipinski definition) is 5. The predicted octanol–water partition coefficient (Wildman–Crippen LogP) is 4.02. The molecule has 2 aromatic heterocycles. The Labute approximate surface area is 156 Å². The topological polar surface area (TPSA) is 83.1 Å². The van der Waals surface area contributed by atoms with Crippen LogP contribution in [0.3, 0.4) is 0 Å². The number of ketones is 1. The van der Waals surface area contributed by atoms with Crippen molar-refractivity contribution in [3.05, 3.63) is 60.2 Å². The molecule has 2 heterocycles.